The summed E-state index contributed by atoms with van der Waals surface area (Å²) in [7, 11) is 0. The zero-order valence-electron chi connectivity index (χ0n) is 13.6. The summed E-state index contributed by atoms with van der Waals surface area (Å²) >= 11 is 6.05. The number of halogens is 1. The number of nitriles is 1. The first-order chi connectivity index (χ1) is 11.8. The Kier molecular flexibility index (Phi) is 5.55. The van der Waals surface area contributed by atoms with Gasteiger partial charge in [0.2, 0.25) is 0 Å². The molecule has 3 rings (SSSR count). The van der Waals surface area contributed by atoms with E-state index in [1.54, 1.807) is 12.1 Å². The first-order valence-electron chi connectivity index (χ1n) is 8.39. The van der Waals surface area contributed by atoms with Crippen LogP contribution in [0.4, 0.5) is 11.5 Å². The Morgan fingerprint density at radius 3 is 2.54 bits per heavy atom. The van der Waals surface area contributed by atoms with E-state index >= 15 is 0 Å². The number of pyridine rings is 1. The van der Waals surface area contributed by atoms with E-state index < -0.39 is 0 Å². The van der Waals surface area contributed by atoms with Crippen LogP contribution in [0.25, 0.3) is 0 Å². The third kappa shape index (κ3) is 4.18. The Labute approximate surface area is 148 Å². The molecular formula is C19H21ClN4. The number of hydrogen-bond donors (Lipinski definition) is 1. The van der Waals surface area contributed by atoms with Gasteiger partial charge in [-0.1, -0.05) is 30.5 Å². The number of nitrogens with zero attached hydrogens (tertiary/aromatic N) is 3. The van der Waals surface area contributed by atoms with Gasteiger partial charge >= 0.3 is 0 Å². The zero-order chi connectivity index (χ0) is 16.8. The van der Waals surface area contributed by atoms with Gasteiger partial charge in [0.25, 0.3) is 0 Å². The van der Waals surface area contributed by atoms with E-state index in [-0.39, 0.29) is 0 Å². The maximum absolute atomic E-state index is 8.90. The molecule has 0 radical (unpaired) electrons. The van der Waals surface area contributed by atoms with Crippen LogP contribution in [0.15, 0.2) is 36.5 Å². The van der Waals surface area contributed by atoms with Gasteiger partial charge in [-0.25, -0.2) is 4.98 Å². The maximum Gasteiger partial charge on any atom is 0.128 e. The molecule has 0 saturated carbocycles. The molecule has 2 aromatic rings. The molecule has 124 valence electrons. The van der Waals surface area contributed by atoms with Gasteiger partial charge in [0.15, 0.2) is 0 Å². The molecule has 0 unspecified atom stereocenters. The second-order valence-electron chi connectivity index (χ2n) is 6.09. The molecule has 0 spiro atoms. The van der Waals surface area contributed by atoms with Crippen molar-refractivity contribution in [3.63, 3.8) is 0 Å². The van der Waals surface area contributed by atoms with E-state index in [0.717, 1.165) is 30.2 Å². The van der Waals surface area contributed by atoms with Gasteiger partial charge < -0.3 is 10.2 Å². The number of hydrogen-bond acceptors (Lipinski definition) is 4. The van der Waals surface area contributed by atoms with Gasteiger partial charge in [-0.3, -0.25) is 0 Å². The van der Waals surface area contributed by atoms with Crippen LogP contribution in [0, 0.1) is 11.3 Å². The summed E-state index contributed by atoms with van der Waals surface area (Å²) in [5, 5.41) is 12.7. The SMILES string of the molecule is N#Cc1ccc(NCc2ccc(N3CCCCCC3)nc2)cc1Cl. The van der Waals surface area contributed by atoms with Crippen LogP contribution < -0.4 is 10.2 Å². The van der Waals surface area contributed by atoms with E-state index in [9.17, 15) is 0 Å². The standard InChI is InChI=1S/C19H21ClN4/c20-18-11-17(7-6-16(18)12-21)22-13-15-5-8-19(23-14-15)24-9-3-1-2-4-10-24/h5-8,11,14,22H,1-4,9-10,13H2. The molecule has 0 atom stereocenters. The fraction of sp³-hybridized carbons (Fsp3) is 0.368. The topological polar surface area (TPSA) is 52.0 Å². The lowest BCUT2D eigenvalue weighted by atomic mass is 10.2. The van der Waals surface area contributed by atoms with E-state index in [2.05, 4.69) is 33.4 Å². The molecule has 0 aliphatic carbocycles. The Hall–Kier alpha value is -2.25. The molecule has 2 heterocycles. The highest BCUT2D eigenvalue weighted by molar-refractivity contribution is 6.32. The first-order valence-corrected chi connectivity index (χ1v) is 8.77. The number of nitrogens with one attached hydrogen (secondary N) is 1. The monoisotopic (exact) mass is 340 g/mol. The zero-order valence-corrected chi connectivity index (χ0v) is 14.4. The normalized spacial score (nSPS) is 14.8. The van der Waals surface area contributed by atoms with Crippen molar-refractivity contribution in [1.29, 1.82) is 5.26 Å². The van der Waals surface area contributed by atoms with E-state index in [1.807, 2.05) is 12.3 Å². The fourth-order valence-corrected chi connectivity index (χ4v) is 3.15. The lowest BCUT2D eigenvalue weighted by molar-refractivity contribution is 0.726. The predicted octanol–water partition coefficient (Wildman–Crippen LogP) is 4.60. The number of aromatic nitrogens is 1. The molecule has 1 saturated heterocycles. The molecular weight excluding hydrogens is 320 g/mol. The molecule has 0 amide bonds. The lowest BCUT2D eigenvalue weighted by Crippen LogP contribution is -2.24. The van der Waals surface area contributed by atoms with E-state index in [1.165, 1.54) is 25.7 Å². The van der Waals surface area contributed by atoms with Gasteiger partial charge in [0.05, 0.1) is 10.6 Å². The molecule has 5 heteroatoms. The van der Waals surface area contributed by atoms with Crippen molar-refractivity contribution in [3.8, 4) is 6.07 Å². The molecule has 1 fully saturated rings. The average molecular weight is 341 g/mol. The second kappa shape index (κ2) is 8.03. The summed E-state index contributed by atoms with van der Waals surface area (Å²) in [5.74, 6) is 1.07. The molecule has 1 aliphatic rings. The van der Waals surface area contributed by atoms with Gasteiger partial charge in [0, 0.05) is 31.5 Å². The smallest absolute Gasteiger partial charge is 0.128 e. The summed E-state index contributed by atoms with van der Waals surface area (Å²) in [6, 6.07) is 11.7. The Bertz CT molecular complexity index is 713. The summed E-state index contributed by atoms with van der Waals surface area (Å²) in [5.41, 5.74) is 2.51. The largest absolute Gasteiger partial charge is 0.381 e. The Balaban J connectivity index is 1.60. The summed E-state index contributed by atoms with van der Waals surface area (Å²) < 4.78 is 0. The van der Waals surface area contributed by atoms with Crippen molar-refractivity contribution in [2.75, 3.05) is 23.3 Å². The van der Waals surface area contributed by atoms with Crippen LogP contribution in [-0.4, -0.2) is 18.1 Å². The molecule has 1 N–H and O–H groups in total. The third-order valence-electron chi connectivity index (χ3n) is 4.33. The Morgan fingerprint density at radius 2 is 1.92 bits per heavy atom. The lowest BCUT2D eigenvalue weighted by Gasteiger charge is -2.21. The molecule has 1 aromatic carbocycles. The van der Waals surface area contributed by atoms with Gasteiger partial charge in [0.1, 0.15) is 11.9 Å². The molecule has 4 nitrogen and oxygen atoms in total. The van der Waals surface area contributed by atoms with Crippen LogP contribution in [-0.2, 0) is 6.54 Å². The van der Waals surface area contributed by atoms with Gasteiger partial charge in [-0.15, -0.1) is 0 Å². The summed E-state index contributed by atoms with van der Waals surface area (Å²) in [4.78, 5) is 7.00. The third-order valence-corrected chi connectivity index (χ3v) is 4.64. The van der Waals surface area contributed by atoms with Crippen molar-refractivity contribution < 1.29 is 0 Å². The summed E-state index contributed by atoms with van der Waals surface area (Å²) in [6.45, 7) is 2.89. The van der Waals surface area contributed by atoms with Crippen molar-refractivity contribution in [3.05, 3.63) is 52.7 Å². The highest BCUT2D eigenvalue weighted by atomic mass is 35.5. The van der Waals surface area contributed by atoms with Crippen LogP contribution >= 0.6 is 11.6 Å². The summed E-state index contributed by atoms with van der Waals surface area (Å²) in [6.07, 6.45) is 7.09. The van der Waals surface area contributed by atoms with Gasteiger partial charge in [-0.05, 0) is 42.7 Å². The van der Waals surface area contributed by atoms with Crippen LogP contribution in [0.3, 0.4) is 0 Å². The molecule has 1 aromatic heterocycles. The Morgan fingerprint density at radius 1 is 1.12 bits per heavy atom. The van der Waals surface area contributed by atoms with Gasteiger partial charge in [-0.2, -0.15) is 5.26 Å². The quantitative estimate of drug-likeness (QED) is 0.883. The molecule has 24 heavy (non-hydrogen) atoms. The van der Waals surface area contributed by atoms with E-state index in [0.29, 0.717) is 17.1 Å². The highest BCUT2D eigenvalue weighted by Crippen LogP contribution is 2.21. The highest BCUT2D eigenvalue weighted by Gasteiger charge is 2.10. The average Bonchev–Trinajstić information content (AvgIpc) is 2.90. The van der Waals surface area contributed by atoms with Crippen molar-refractivity contribution in [2.24, 2.45) is 0 Å². The molecule has 0 bridgehead atoms. The molecule has 1 aliphatic heterocycles. The van der Waals surface area contributed by atoms with Crippen LogP contribution in [0.1, 0.15) is 36.8 Å². The maximum atomic E-state index is 8.90. The van der Waals surface area contributed by atoms with Crippen molar-refractivity contribution in [2.45, 2.75) is 32.2 Å². The van der Waals surface area contributed by atoms with Crippen LogP contribution in [0.5, 0.6) is 0 Å². The van der Waals surface area contributed by atoms with Crippen molar-refractivity contribution >= 4 is 23.1 Å². The minimum atomic E-state index is 0.470. The second-order valence-corrected chi connectivity index (χ2v) is 6.49. The van der Waals surface area contributed by atoms with E-state index in [4.69, 9.17) is 16.9 Å². The fourth-order valence-electron chi connectivity index (χ4n) is 2.93. The number of rotatable bonds is 4. The number of benzene rings is 1. The van der Waals surface area contributed by atoms with Crippen LogP contribution in [0.2, 0.25) is 5.02 Å². The number of anilines is 2. The minimum Gasteiger partial charge on any atom is -0.381 e. The predicted molar refractivity (Wildman–Crippen MR) is 98.4 cm³/mol. The minimum absolute atomic E-state index is 0.470. The first kappa shape index (κ1) is 16.6. The van der Waals surface area contributed by atoms with Crippen molar-refractivity contribution in [1.82, 2.24) is 4.98 Å².